The summed E-state index contributed by atoms with van der Waals surface area (Å²) in [6.45, 7) is 0.594. The summed E-state index contributed by atoms with van der Waals surface area (Å²) in [4.78, 5) is 11.0. The third-order valence-corrected chi connectivity index (χ3v) is 4.19. The normalized spacial score (nSPS) is 10.6. The van der Waals surface area contributed by atoms with Crippen molar-refractivity contribution in [3.8, 4) is 17.2 Å². The highest BCUT2D eigenvalue weighted by atomic mass is 32.2. The van der Waals surface area contributed by atoms with Gasteiger partial charge in [-0.1, -0.05) is 24.3 Å². The summed E-state index contributed by atoms with van der Waals surface area (Å²) in [5.74, 6) is 2.04. The molecule has 0 saturated heterocycles. The van der Waals surface area contributed by atoms with Gasteiger partial charge in [-0.2, -0.15) is 0 Å². The number of para-hydroxylation sites is 1. The van der Waals surface area contributed by atoms with E-state index in [1.54, 1.807) is 23.9 Å². The first kappa shape index (κ1) is 17.0. The molecule has 0 radical (unpaired) electrons. The molecule has 3 rings (SSSR count). The molecular formula is C18H16N2O4S. The number of aromatic carboxylic acids is 1. The largest absolute Gasteiger partial charge is 0.493 e. The van der Waals surface area contributed by atoms with Crippen molar-refractivity contribution in [3.63, 3.8) is 0 Å². The maximum Gasteiger partial charge on any atom is 0.335 e. The zero-order valence-electron chi connectivity index (χ0n) is 13.3. The average molecular weight is 356 g/mol. The minimum Gasteiger partial charge on any atom is -0.493 e. The number of carboxylic acid groups (broad SMARTS) is 1. The molecule has 0 aliphatic rings. The first-order chi connectivity index (χ1) is 12.2. The monoisotopic (exact) mass is 356 g/mol. The van der Waals surface area contributed by atoms with E-state index in [4.69, 9.17) is 14.3 Å². The summed E-state index contributed by atoms with van der Waals surface area (Å²) in [5.41, 5.74) is 0.778. The molecule has 3 aromatic rings. The number of thioether (sulfide) groups is 1. The Morgan fingerprint density at radius 3 is 2.76 bits per heavy atom. The molecule has 0 amide bonds. The van der Waals surface area contributed by atoms with Crippen molar-refractivity contribution in [2.24, 2.45) is 0 Å². The highest BCUT2D eigenvalue weighted by Gasteiger charge is 2.11. The van der Waals surface area contributed by atoms with E-state index in [2.05, 4.69) is 10.2 Å². The topological polar surface area (TPSA) is 85.5 Å². The van der Waals surface area contributed by atoms with Gasteiger partial charge in [-0.25, -0.2) is 4.79 Å². The molecule has 1 aromatic heterocycles. The van der Waals surface area contributed by atoms with Gasteiger partial charge in [-0.15, -0.1) is 22.0 Å². The highest BCUT2D eigenvalue weighted by Crippen LogP contribution is 2.21. The van der Waals surface area contributed by atoms with Gasteiger partial charge in [0.2, 0.25) is 11.8 Å². The lowest BCUT2D eigenvalue weighted by Crippen LogP contribution is -2.00. The Labute approximate surface area is 148 Å². The second kappa shape index (κ2) is 8.34. The smallest absolute Gasteiger partial charge is 0.335 e. The van der Waals surface area contributed by atoms with Crippen LogP contribution in [-0.2, 0) is 5.75 Å². The minimum absolute atomic E-state index is 0.185. The van der Waals surface area contributed by atoms with Gasteiger partial charge in [0.05, 0.1) is 17.9 Å². The number of carbonyl (C=O) groups is 1. The standard InChI is InChI=1S/C18H16N2O4S/c21-18(22)14-6-4-5-13(11-14)17-20-19-16(24-17)12-25-10-9-23-15-7-2-1-3-8-15/h1-8,11H,9-10,12H2,(H,21,22). The SMILES string of the molecule is O=C(O)c1cccc(-c2nnc(CSCCOc3ccccc3)o2)c1. The van der Waals surface area contributed by atoms with Crippen LogP contribution in [0.2, 0.25) is 0 Å². The van der Waals surface area contributed by atoms with Crippen LogP contribution in [0.15, 0.2) is 59.0 Å². The average Bonchev–Trinajstić information content (AvgIpc) is 3.11. The predicted molar refractivity (Wildman–Crippen MR) is 94.8 cm³/mol. The fraction of sp³-hybridized carbons (Fsp3) is 0.167. The number of benzene rings is 2. The van der Waals surface area contributed by atoms with Gasteiger partial charge in [0.1, 0.15) is 5.75 Å². The van der Waals surface area contributed by atoms with Crippen LogP contribution in [0.3, 0.4) is 0 Å². The van der Waals surface area contributed by atoms with Crippen molar-refractivity contribution in [1.29, 1.82) is 0 Å². The molecular weight excluding hydrogens is 340 g/mol. The molecule has 7 heteroatoms. The van der Waals surface area contributed by atoms with E-state index in [0.29, 0.717) is 29.7 Å². The summed E-state index contributed by atoms with van der Waals surface area (Å²) in [6, 6.07) is 16.1. The zero-order chi connectivity index (χ0) is 17.5. The van der Waals surface area contributed by atoms with Gasteiger partial charge in [-0.05, 0) is 30.3 Å². The van der Waals surface area contributed by atoms with Crippen LogP contribution >= 0.6 is 11.8 Å². The number of ether oxygens (including phenoxy) is 1. The van der Waals surface area contributed by atoms with E-state index < -0.39 is 5.97 Å². The van der Waals surface area contributed by atoms with Gasteiger partial charge in [-0.3, -0.25) is 0 Å². The number of nitrogens with zero attached hydrogens (tertiary/aromatic N) is 2. The summed E-state index contributed by atoms with van der Waals surface area (Å²) >= 11 is 1.63. The van der Waals surface area contributed by atoms with Crippen molar-refractivity contribution in [2.45, 2.75) is 5.75 Å². The van der Waals surface area contributed by atoms with Crippen LogP contribution in [0.4, 0.5) is 0 Å². The molecule has 0 aliphatic carbocycles. The molecule has 0 fully saturated rings. The number of carboxylic acids is 1. The molecule has 0 aliphatic heterocycles. The van der Waals surface area contributed by atoms with Crippen LogP contribution < -0.4 is 4.74 Å². The van der Waals surface area contributed by atoms with Crippen molar-refractivity contribution in [2.75, 3.05) is 12.4 Å². The van der Waals surface area contributed by atoms with Crippen LogP contribution in [-0.4, -0.2) is 33.6 Å². The first-order valence-corrected chi connectivity index (χ1v) is 8.79. The Morgan fingerprint density at radius 1 is 1.12 bits per heavy atom. The molecule has 0 unspecified atom stereocenters. The predicted octanol–water partition coefficient (Wildman–Crippen LogP) is 3.75. The second-order valence-corrected chi connectivity index (χ2v) is 6.21. The fourth-order valence-electron chi connectivity index (χ4n) is 2.11. The summed E-state index contributed by atoms with van der Waals surface area (Å²) in [6.07, 6.45) is 0. The number of rotatable bonds is 8. The molecule has 1 N–H and O–H groups in total. The second-order valence-electron chi connectivity index (χ2n) is 5.10. The molecule has 1 heterocycles. The van der Waals surface area contributed by atoms with Crippen LogP contribution in [0.25, 0.3) is 11.5 Å². The maximum absolute atomic E-state index is 11.0. The van der Waals surface area contributed by atoms with Crippen molar-refractivity contribution >= 4 is 17.7 Å². The van der Waals surface area contributed by atoms with Crippen molar-refractivity contribution < 1.29 is 19.1 Å². The van der Waals surface area contributed by atoms with Gasteiger partial charge in [0.25, 0.3) is 0 Å². The van der Waals surface area contributed by atoms with Crippen LogP contribution in [0, 0.1) is 0 Å². The molecule has 6 nitrogen and oxygen atoms in total. The van der Waals surface area contributed by atoms with Crippen LogP contribution in [0.1, 0.15) is 16.2 Å². The lowest BCUT2D eigenvalue weighted by molar-refractivity contribution is 0.0697. The van der Waals surface area contributed by atoms with Gasteiger partial charge in [0.15, 0.2) is 0 Å². The van der Waals surface area contributed by atoms with Crippen molar-refractivity contribution in [3.05, 3.63) is 66.1 Å². The molecule has 128 valence electrons. The number of hydrogen-bond acceptors (Lipinski definition) is 6. The third kappa shape index (κ3) is 4.84. The van der Waals surface area contributed by atoms with E-state index in [1.165, 1.54) is 12.1 Å². The molecule has 2 aromatic carbocycles. The van der Waals surface area contributed by atoms with E-state index >= 15 is 0 Å². The molecule has 0 saturated carbocycles. The number of aromatic nitrogens is 2. The maximum atomic E-state index is 11.0. The molecule has 0 atom stereocenters. The Balaban J connectivity index is 1.49. The van der Waals surface area contributed by atoms with Crippen LogP contribution in [0.5, 0.6) is 5.75 Å². The first-order valence-electron chi connectivity index (χ1n) is 7.64. The zero-order valence-corrected chi connectivity index (χ0v) is 14.1. The quantitative estimate of drug-likeness (QED) is 0.615. The summed E-state index contributed by atoms with van der Waals surface area (Å²) in [7, 11) is 0. The third-order valence-electron chi connectivity index (χ3n) is 3.29. The van der Waals surface area contributed by atoms with E-state index in [1.807, 2.05) is 30.3 Å². The van der Waals surface area contributed by atoms with Crippen molar-refractivity contribution in [1.82, 2.24) is 10.2 Å². The van der Waals surface area contributed by atoms with Gasteiger partial charge >= 0.3 is 5.97 Å². The Bertz CT molecular complexity index is 836. The Hall–Kier alpha value is -2.80. The van der Waals surface area contributed by atoms with E-state index in [0.717, 1.165) is 11.5 Å². The highest BCUT2D eigenvalue weighted by molar-refractivity contribution is 7.98. The van der Waals surface area contributed by atoms with E-state index in [-0.39, 0.29) is 5.56 Å². The van der Waals surface area contributed by atoms with E-state index in [9.17, 15) is 4.79 Å². The lowest BCUT2D eigenvalue weighted by Gasteiger charge is -2.04. The number of hydrogen-bond donors (Lipinski definition) is 1. The fourth-order valence-corrected chi connectivity index (χ4v) is 2.75. The molecule has 0 bridgehead atoms. The Morgan fingerprint density at radius 2 is 1.96 bits per heavy atom. The molecule has 0 spiro atoms. The van der Waals surface area contributed by atoms with Gasteiger partial charge in [0, 0.05) is 11.3 Å². The minimum atomic E-state index is -0.990. The lowest BCUT2D eigenvalue weighted by atomic mass is 10.1. The molecule has 25 heavy (non-hydrogen) atoms. The summed E-state index contributed by atoms with van der Waals surface area (Å²) in [5, 5.41) is 17.0. The summed E-state index contributed by atoms with van der Waals surface area (Å²) < 4.78 is 11.2. The van der Waals surface area contributed by atoms with Gasteiger partial charge < -0.3 is 14.3 Å². The Kier molecular flexibility index (Phi) is 5.69.